The Labute approximate surface area is 118 Å². The summed E-state index contributed by atoms with van der Waals surface area (Å²) < 4.78 is 0. The number of rotatable bonds is 6. The van der Waals surface area contributed by atoms with Gasteiger partial charge in [-0.15, -0.1) is 0 Å². The number of hydrogen-bond acceptors (Lipinski definition) is 4. The SMILES string of the molecule is CCC(C)[C@H](N)C(=O)NCc1cccc([N+](=O)[O-])c1C. The van der Waals surface area contributed by atoms with Gasteiger partial charge in [0.15, 0.2) is 0 Å². The number of nitrogens with zero attached hydrogens (tertiary/aromatic N) is 1. The average molecular weight is 279 g/mol. The van der Waals surface area contributed by atoms with E-state index in [4.69, 9.17) is 5.73 Å². The largest absolute Gasteiger partial charge is 0.351 e. The van der Waals surface area contributed by atoms with Crippen molar-refractivity contribution in [1.29, 1.82) is 0 Å². The first-order chi connectivity index (χ1) is 9.38. The Balaban J connectivity index is 2.74. The Bertz CT molecular complexity index is 502. The molecule has 6 nitrogen and oxygen atoms in total. The van der Waals surface area contributed by atoms with Crippen LogP contribution in [-0.2, 0) is 11.3 Å². The fraction of sp³-hybridized carbons (Fsp3) is 0.500. The fourth-order valence-electron chi connectivity index (χ4n) is 1.87. The molecule has 1 rings (SSSR count). The maximum atomic E-state index is 11.9. The molecule has 6 heteroatoms. The Hall–Kier alpha value is -1.95. The van der Waals surface area contributed by atoms with Crippen LogP contribution in [0.4, 0.5) is 5.69 Å². The van der Waals surface area contributed by atoms with Crippen molar-refractivity contribution in [2.75, 3.05) is 0 Å². The molecule has 1 unspecified atom stereocenters. The average Bonchev–Trinajstić information content (AvgIpc) is 2.43. The van der Waals surface area contributed by atoms with Gasteiger partial charge in [0.2, 0.25) is 5.91 Å². The molecule has 110 valence electrons. The molecule has 0 bridgehead atoms. The number of nitrogens with two attached hydrogens (primary N) is 1. The predicted octanol–water partition coefficient (Wildman–Crippen LogP) is 1.89. The Morgan fingerprint density at radius 2 is 2.15 bits per heavy atom. The topological polar surface area (TPSA) is 98.3 Å². The van der Waals surface area contributed by atoms with Gasteiger partial charge >= 0.3 is 0 Å². The van der Waals surface area contributed by atoms with Crippen LogP contribution in [-0.4, -0.2) is 16.9 Å². The number of benzene rings is 1. The van der Waals surface area contributed by atoms with Gasteiger partial charge in [-0.1, -0.05) is 32.4 Å². The van der Waals surface area contributed by atoms with Gasteiger partial charge in [0.05, 0.1) is 11.0 Å². The van der Waals surface area contributed by atoms with E-state index < -0.39 is 11.0 Å². The van der Waals surface area contributed by atoms with Gasteiger partial charge in [-0.25, -0.2) is 0 Å². The summed E-state index contributed by atoms with van der Waals surface area (Å²) in [7, 11) is 0. The van der Waals surface area contributed by atoms with E-state index in [1.807, 2.05) is 13.8 Å². The zero-order valence-electron chi connectivity index (χ0n) is 12.1. The Kier molecular flexibility index (Phi) is 5.64. The predicted molar refractivity (Wildman–Crippen MR) is 77.1 cm³/mol. The minimum atomic E-state index is -0.556. The molecule has 0 heterocycles. The van der Waals surface area contributed by atoms with Crippen molar-refractivity contribution in [2.45, 2.75) is 39.8 Å². The normalized spacial score (nSPS) is 13.6. The van der Waals surface area contributed by atoms with Gasteiger partial charge in [-0.3, -0.25) is 14.9 Å². The van der Waals surface area contributed by atoms with Crippen molar-refractivity contribution in [3.63, 3.8) is 0 Å². The highest BCUT2D eigenvalue weighted by Crippen LogP contribution is 2.20. The monoisotopic (exact) mass is 279 g/mol. The zero-order valence-corrected chi connectivity index (χ0v) is 12.1. The molecule has 20 heavy (non-hydrogen) atoms. The molecule has 0 radical (unpaired) electrons. The number of carbonyl (C=O) groups excluding carboxylic acids is 1. The summed E-state index contributed by atoms with van der Waals surface area (Å²) in [4.78, 5) is 22.3. The van der Waals surface area contributed by atoms with Crippen molar-refractivity contribution in [1.82, 2.24) is 5.32 Å². The molecule has 2 atom stereocenters. The van der Waals surface area contributed by atoms with Gasteiger partial charge in [-0.05, 0) is 18.4 Å². The number of amides is 1. The standard InChI is InChI=1S/C14H21N3O3/c1-4-9(2)13(15)14(18)16-8-11-6-5-7-12(10(11)3)17(19)20/h5-7,9,13H,4,8,15H2,1-3H3,(H,16,18)/t9?,13-/m0/s1. The van der Waals surface area contributed by atoms with E-state index in [-0.39, 0.29) is 24.1 Å². The van der Waals surface area contributed by atoms with E-state index in [2.05, 4.69) is 5.32 Å². The van der Waals surface area contributed by atoms with Crippen LogP contribution in [0.2, 0.25) is 0 Å². The quantitative estimate of drug-likeness (QED) is 0.613. The lowest BCUT2D eigenvalue weighted by atomic mass is 9.99. The van der Waals surface area contributed by atoms with Gasteiger partial charge in [-0.2, -0.15) is 0 Å². The van der Waals surface area contributed by atoms with Crippen LogP contribution < -0.4 is 11.1 Å². The maximum absolute atomic E-state index is 11.9. The lowest BCUT2D eigenvalue weighted by Gasteiger charge is -2.18. The summed E-state index contributed by atoms with van der Waals surface area (Å²) in [6, 6.07) is 4.27. The first-order valence-electron chi connectivity index (χ1n) is 6.64. The lowest BCUT2D eigenvalue weighted by Crippen LogP contribution is -2.44. The molecule has 1 aromatic carbocycles. The summed E-state index contributed by atoms with van der Waals surface area (Å²) in [6.07, 6.45) is 0.824. The zero-order chi connectivity index (χ0) is 15.3. The minimum Gasteiger partial charge on any atom is -0.351 e. The Morgan fingerprint density at radius 1 is 1.50 bits per heavy atom. The van der Waals surface area contributed by atoms with Crippen molar-refractivity contribution >= 4 is 11.6 Å². The van der Waals surface area contributed by atoms with E-state index in [1.54, 1.807) is 19.1 Å². The second-order valence-electron chi connectivity index (χ2n) is 4.95. The molecular formula is C14H21N3O3. The molecule has 0 aliphatic rings. The third-order valence-corrected chi connectivity index (χ3v) is 3.63. The highest BCUT2D eigenvalue weighted by atomic mass is 16.6. The summed E-state index contributed by atoms with van der Waals surface area (Å²) in [5, 5.41) is 13.6. The van der Waals surface area contributed by atoms with Crippen molar-refractivity contribution < 1.29 is 9.72 Å². The number of nitro groups is 1. The van der Waals surface area contributed by atoms with E-state index in [0.29, 0.717) is 5.56 Å². The summed E-state index contributed by atoms with van der Waals surface area (Å²) >= 11 is 0. The molecule has 0 saturated carbocycles. The van der Waals surface area contributed by atoms with E-state index >= 15 is 0 Å². The first-order valence-corrected chi connectivity index (χ1v) is 6.64. The highest BCUT2D eigenvalue weighted by Gasteiger charge is 2.20. The van der Waals surface area contributed by atoms with Crippen LogP contribution in [0.1, 0.15) is 31.4 Å². The number of hydrogen-bond donors (Lipinski definition) is 2. The van der Waals surface area contributed by atoms with Crippen LogP contribution in [0.15, 0.2) is 18.2 Å². The van der Waals surface area contributed by atoms with Crippen molar-refractivity contribution in [3.05, 3.63) is 39.4 Å². The highest BCUT2D eigenvalue weighted by molar-refractivity contribution is 5.81. The second kappa shape index (κ2) is 7.00. The summed E-state index contributed by atoms with van der Waals surface area (Å²) in [6.45, 7) is 5.82. The molecule has 0 spiro atoms. The van der Waals surface area contributed by atoms with Gasteiger partial charge in [0, 0.05) is 18.2 Å². The summed E-state index contributed by atoms with van der Waals surface area (Å²) in [5.74, 6) is -0.133. The molecule has 1 aromatic rings. The van der Waals surface area contributed by atoms with Gasteiger partial charge in [0.1, 0.15) is 0 Å². The molecule has 0 aliphatic heterocycles. The first kappa shape index (κ1) is 16.1. The second-order valence-corrected chi connectivity index (χ2v) is 4.95. The Morgan fingerprint density at radius 3 is 2.70 bits per heavy atom. The molecule has 0 fully saturated rings. The van der Waals surface area contributed by atoms with Crippen LogP contribution in [0.25, 0.3) is 0 Å². The van der Waals surface area contributed by atoms with Crippen LogP contribution >= 0.6 is 0 Å². The van der Waals surface area contributed by atoms with E-state index in [0.717, 1.165) is 12.0 Å². The van der Waals surface area contributed by atoms with Crippen LogP contribution in [0, 0.1) is 23.0 Å². The summed E-state index contributed by atoms with van der Waals surface area (Å²) in [5.41, 5.74) is 7.18. The molecular weight excluding hydrogens is 258 g/mol. The maximum Gasteiger partial charge on any atom is 0.272 e. The van der Waals surface area contributed by atoms with Crippen LogP contribution in [0.5, 0.6) is 0 Å². The molecule has 0 saturated heterocycles. The minimum absolute atomic E-state index is 0.0583. The number of carbonyl (C=O) groups is 1. The third kappa shape index (κ3) is 3.77. The molecule has 3 N–H and O–H groups in total. The lowest BCUT2D eigenvalue weighted by molar-refractivity contribution is -0.385. The fourth-order valence-corrected chi connectivity index (χ4v) is 1.87. The van der Waals surface area contributed by atoms with Gasteiger partial charge < -0.3 is 11.1 Å². The smallest absolute Gasteiger partial charge is 0.272 e. The molecule has 0 aromatic heterocycles. The molecule has 0 aliphatic carbocycles. The molecule has 1 amide bonds. The van der Waals surface area contributed by atoms with E-state index in [1.165, 1.54) is 6.07 Å². The number of nitro benzene ring substituents is 1. The van der Waals surface area contributed by atoms with E-state index in [9.17, 15) is 14.9 Å². The number of nitrogens with one attached hydrogen (secondary N) is 1. The van der Waals surface area contributed by atoms with Crippen molar-refractivity contribution in [2.24, 2.45) is 11.7 Å². The van der Waals surface area contributed by atoms with Crippen LogP contribution in [0.3, 0.4) is 0 Å². The third-order valence-electron chi connectivity index (χ3n) is 3.63. The van der Waals surface area contributed by atoms with Gasteiger partial charge in [0.25, 0.3) is 5.69 Å². The van der Waals surface area contributed by atoms with Crippen molar-refractivity contribution in [3.8, 4) is 0 Å².